The van der Waals surface area contributed by atoms with Gasteiger partial charge in [-0.05, 0) is 0 Å². The average Bonchev–Trinajstić information content (AvgIpc) is 1.89. The van der Waals surface area contributed by atoms with Crippen molar-refractivity contribution in [2.75, 3.05) is 6.67 Å². The van der Waals surface area contributed by atoms with Crippen LogP contribution in [0.2, 0.25) is 0 Å². The monoisotopic (exact) mass is 127 g/mol. The summed E-state index contributed by atoms with van der Waals surface area (Å²) < 4.78 is 0. The molecule has 0 unspecified atom stereocenters. The van der Waals surface area contributed by atoms with E-state index in [4.69, 9.17) is 5.21 Å². The third-order valence-electron chi connectivity index (χ3n) is 0.885. The van der Waals surface area contributed by atoms with Crippen LogP contribution in [0.15, 0.2) is 10.1 Å². The van der Waals surface area contributed by atoms with Gasteiger partial charge < -0.3 is 10.5 Å². The highest BCUT2D eigenvalue weighted by atomic mass is 16.4. The minimum atomic E-state index is -0.396. The van der Waals surface area contributed by atoms with E-state index in [1.165, 1.54) is 6.21 Å². The Morgan fingerprint density at radius 2 is 2.67 bits per heavy atom. The van der Waals surface area contributed by atoms with Crippen molar-refractivity contribution >= 4 is 17.8 Å². The van der Waals surface area contributed by atoms with Crippen LogP contribution in [0.1, 0.15) is 0 Å². The molecule has 1 amide bonds. The van der Waals surface area contributed by atoms with E-state index in [0.29, 0.717) is 0 Å². The number of oxime groups is 1. The van der Waals surface area contributed by atoms with E-state index < -0.39 is 5.91 Å². The fraction of sp³-hybridized carbons (Fsp3) is 0.250. The molecule has 2 N–H and O–H groups in total. The molecule has 0 aliphatic carbocycles. The van der Waals surface area contributed by atoms with E-state index in [9.17, 15) is 4.79 Å². The number of amides is 1. The summed E-state index contributed by atoms with van der Waals surface area (Å²) in [6, 6.07) is 0. The molecule has 0 radical (unpaired) electrons. The van der Waals surface area contributed by atoms with Crippen LogP contribution in [0.5, 0.6) is 0 Å². The third-order valence-corrected chi connectivity index (χ3v) is 0.885. The predicted octanol–water partition coefficient (Wildman–Crippen LogP) is -1.03. The van der Waals surface area contributed by atoms with Crippen LogP contribution in [0, 0.1) is 0 Å². The zero-order chi connectivity index (χ0) is 6.69. The highest BCUT2D eigenvalue weighted by Crippen LogP contribution is 1.80. The topological polar surface area (TPSA) is 74.0 Å². The van der Waals surface area contributed by atoms with E-state index in [-0.39, 0.29) is 12.4 Å². The fourth-order valence-corrected chi connectivity index (χ4v) is 0.470. The SMILES string of the molecule is O=C1NCN=CC1=NO. The Bertz CT molecular complexity index is 184. The van der Waals surface area contributed by atoms with Crippen molar-refractivity contribution in [3.05, 3.63) is 0 Å². The summed E-state index contributed by atoms with van der Waals surface area (Å²) in [6.45, 7) is 0.262. The molecule has 9 heavy (non-hydrogen) atoms. The maximum absolute atomic E-state index is 10.5. The third kappa shape index (κ3) is 1.04. The molecule has 5 heteroatoms. The van der Waals surface area contributed by atoms with Gasteiger partial charge in [0.25, 0.3) is 5.91 Å². The fourth-order valence-electron chi connectivity index (χ4n) is 0.470. The van der Waals surface area contributed by atoms with Gasteiger partial charge in [0.05, 0.1) is 6.21 Å². The molecule has 5 nitrogen and oxygen atoms in total. The van der Waals surface area contributed by atoms with Crippen molar-refractivity contribution in [2.24, 2.45) is 10.1 Å². The summed E-state index contributed by atoms with van der Waals surface area (Å²) in [7, 11) is 0. The van der Waals surface area contributed by atoms with Gasteiger partial charge >= 0.3 is 0 Å². The van der Waals surface area contributed by atoms with Crippen molar-refractivity contribution in [3.8, 4) is 0 Å². The molecule has 0 aromatic rings. The first-order valence-corrected chi connectivity index (χ1v) is 2.34. The summed E-state index contributed by atoms with van der Waals surface area (Å²) in [5.41, 5.74) is -0.0544. The number of hydrogen-bond donors (Lipinski definition) is 2. The zero-order valence-corrected chi connectivity index (χ0v) is 4.53. The van der Waals surface area contributed by atoms with Gasteiger partial charge in [0.15, 0.2) is 5.71 Å². The molecule has 0 spiro atoms. The minimum absolute atomic E-state index is 0.0544. The second-order valence-corrected chi connectivity index (χ2v) is 1.46. The first-order chi connectivity index (χ1) is 4.34. The van der Waals surface area contributed by atoms with Gasteiger partial charge in [0.1, 0.15) is 6.67 Å². The van der Waals surface area contributed by atoms with Crippen LogP contribution in [0.25, 0.3) is 0 Å². The molecule has 0 saturated heterocycles. The van der Waals surface area contributed by atoms with Crippen LogP contribution in [-0.4, -0.2) is 29.7 Å². The predicted molar refractivity (Wildman–Crippen MR) is 30.7 cm³/mol. The Morgan fingerprint density at radius 3 is 3.11 bits per heavy atom. The molecule has 1 aliphatic heterocycles. The second kappa shape index (κ2) is 2.25. The number of carbonyl (C=O) groups is 1. The van der Waals surface area contributed by atoms with Gasteiger partial charge in [-0.1, -0.05) is 5.16 Å². The number of rotatable bonds is 0. The number of nitrogens with one attached hydrogen (secondary N) is 1. The number of nitrogens with zero attached hydrogens (tertiary/aromatic N) is 2. The lowest BCUT2D eigenvalue weighted by Gasteiger charge is -2.03. The number of carbonyl (C=O) groups excluding carboxylic acids is 1. The largest absolute Gasteiger partial charge is 0.410 e. The second-order valence-electron chi connectivity index (χ2n) is 1.46. The van der Waals surface area contributed by atoms with E-state index in [0.717, 1.165) is 0 Å². The van der Waals surface area contributed by atoms with Crippen molar-refractivity contribution in [3.63, 3.8) is 0 Å². The summed E-state index contributed by atoms with van der Waals surface area (Å²) in [6.07, 6.45) is 1.22. The molecule has 0 bridgehead atoms. The van der Waals surface area contributed by atoms with Crippen LogP contribution >= 0.6 is 0 Å². The summed E-state index contributed by atoms with van der Waals surface area (Å²) in [5, 5.41) is 13.1. The summed E-state index contributed by atoms with van der Waals surface area (Å²) in [5.74, 6) is -0.396. The molecule has 1 aliphatic rings. The van der Waals surface area contributed by atoms with Gasteiger partial charge in [-0.2, -0.15) is 0 Å². The minimum Gasteiger partial charge on any atom is -0.410 e. The first kappa shape index (κ1) is 5.74. The Hall–Kier alpha value is -1.39. The van der Waals surface area contributed by atoms with E-state index in [2.05, 4.69) is 15.5 Å². The Labute approximate surface area is 51.1 Å². The molecular formula is C4H5N3O2. The lowest BCUT2D eigenvalue weighted by Crippen LogP contribution is -2.35. The van der Waals surface area contributed by atoms with E-state index in [1.54, 1.807) is 0 Å². The average molecular weight is 127 g/mol. The van der Waals surface area contributed by atoms with Gasteiger partial charge in [-0.15, -0.1) is 0 Å². The maximum Gasteiger partial charge on any atom is 0.276 e. The molecule has 0 aromatic carbocycles. The van der Waals surface area contributed by atoms with Gasteiger partial charge in [-0.3, -0.25) is 9.79 Å². The molecule has 0 fully saturated rings. The van der Waals surface area contributed by atoms with Crippen LogP contribution < -0.4 is 5.32 Å². The molecule has 0 saturated carbocycles. The van der Waals surface area contributed by atoms with Crippen molar-refractivity contribution in [1.29, 1.82) is 0 Å². The van der Waals surface area contributed by atoms with Crippen molar-refractivity contribution in [2.45, 2.75) is 0 Å². The smallest absolute Gasteiger partial charge is 0.276 e. The molecule has 1 rings (SSSR count). The normalized spacial score (nSPS) is 22.2. The van der Waals surface area contributed by atoms with Crippen molar-refractivity contribution < 1.29 is 10.0 Å². The Kier molecular flexibility index (Phi) is 1.44. The molecule has 0 aromatic heterocycles. The molecule has 0 atom stereocenters. The highest BCUT2D eigenvalue weighted by Gasteiger charge is 2.11. The lowest BCUT2D eigenvalue weighted by molar-refractivity contribution is -0.114. The van der Waals surface area contributed by atoms with Crippen LogP contribution in [0.3, 0.4) is 0 Å². The van der Waals surface area contributed by atoms with Crippen LogP contribution in [-0.2, 0) is 4.79 Å². The summed E-state index contributed by atoms with van der Waals surface area (Å²) >= 11 is 0. The molecule has 1 heterocycles. The van der Waals surface area contributed by atoms with Gasteiger partial charge in [-0.25, -0.2) is 0 Å². The Morgan fingerprint density at radius 1 is 1.89 bits per heavy atom. The number of hydrogen-bond acceptors (Lipinski definition) is 4. The highest BCUT2D eigenvalue weighted by molar-refractivity contribution is 6.61. The standard InChI is InChI=1S/C4H5N3O2/c8-4-3(7-9)1-5-2-6-4/h1,9H,2H2,(H,6,8). The zero-order valence-electron chi connectivity index (χ0n) is 4.53. The van der Waals surface area contributed by atoms with Crippen LogP contribution in [0.4, 0.5) is 0 Å². The quantitative estimate of drug-likeness (QED) is 0.322. The Balaban J connectivity index is 2.81. The molecule has 48 valence electrons. The van der Waals surface area contributed by atoms with E-state index >= 15 is 0 Å². The first-order valence-electron chi connectivity index (χ1n) is 2.34. The lowest BCUT2D eigenvalue weighted by atomic mass is 10.3. The van der Waals surface area contributed by atoms with Gasteiger partial charge in [0, 0.05) is 0 Å². The van der Waals surface area contributed by atoms with E-state index in [1.807, 2.05) is 0 Å². The van der Waals surface area contributed by atoms with Gasteiger partial charge in [0.2, 0.25) is 0 Å². The maximum atomic E-state index is 10.5. The van der Waals surface area contributed by atoms with Crippen molar-refractivity contribution in [1.82, 2.24) is 5.32 Å². The molecular weight excluding hydrogens is 122 g/mol. The number of aliphatic imine (C=N–C) groups is 1. The summed E-state index contributed by atoms with van der Waals surface area (Å²) in [4.78, 5) is 14.2.